The Morgan fingerprint density at radius 1 is 1.29 bits per heavy atom. The number of hydrogen-bond acceptors (Lipinski definition) is 3. The quantitative estimate of drug-likeness (QED) is 0.709. The van der Waals surface area contributed by atoms with Crippen molar-refractivity contribution in [3.05, 3.63) is 0 Å². The highest BCUT2D eigenvalue weighted by molar-refractivity contribution is 5.68. The molecule has 17 heavy (non-hydrogen) atoms. The maximum atomic E-state index is 12.1. The van der Waals surface area contributed by atoms with Crippen LogP contribution in [0.1, 0.15) is 47.0 Å². The van der Waals surface area contributed by atoms with Crippen LogP contribution < -0.4 is 5.32 Å². The molecule has 1 fully saturated rings. The van der Waals surface area contributed by atoms with Crippen LogP contribution in [0.25, 0.3) is 0 Å². The Bertz CT molecular complexity index is 248. The van der Waals surface area contributed by atoms with E-state index in [0.29, 0.717) is 0 Å². The summed E-state index contributed by atoms with van der Waals surface area (Å²) in [5.41, 5.74) is -0.414. The number of amides is 1. The van der Waals surface area contributed by atoms with Crippen molar-refractivity contribution in [2.24, 2.45) is 0 Å². The van der Waals surface area contributed by atoms with Crippen LogP contribution in [0, 0.1) is 0 Å². The third kappa shape index (κ3) is 5.39. The lowest BCUT2D eigenvalue weighted by atomic mass is 10.2. The predicted molar refractivity (Wildman–Crippen MR) is 69.1 cm³/mol. The standard InChI is InChI=1S/C13H26N2O2/c1-11-10-14-8-6-5-7-9-15(11)12(16)17-13(2,3)4/h11,14H,5-10H2,1-4H3/t11-/m1/s1. The minimum absolute atomic E-state index is 0.186. The van der Waals surface area contributed by atoms with E-state index in [1.807, 2.05) is 25.7 Å². The normalized spacial score (nSPS) is 23.5. The van der Waals surface area contributed by atoms with Crippen LogP contribution in [0.15, 0.2) is 0 Å². The first-order chi connectivity index (χ1) is 7.90. The second-order valence-corrected chi connectivity index (χ2v) is 5.79. The smallest absolute Gasteiger partial charge is 0.410 e. The van der Waals surface area contributed by atoms with E-state index in [4.69, 9.17) is 4.74 Å². The average Bonchev–Trinajstić information content (AvgIpc) is 2.27. The van der Waals surface area contributed by atoms with E-state index in [0.717, 1.165) is 26.1 Å². The first-order valence-electron chi connectivity index (χ1n) is 6.60. The van der Waals surface area contributed by atoms with Crippen molar-refractivity contribution in [2.75, 3.05) is 19.6 Å². The fourth-order valence-corrected chi connectivity index (χ4v) is 1.94. The maximum absolute atomic E-state index is 12.1. The molecule has 100 valence electrons. The van der Waals surface area contributed by atoms with Crippen LogP contribution in [0.2, 0.25) is 0 Å². The molecule has 1 heterocycles. The molecule has 0 saturated carbocycles. The van der Waals surface area contributed by atoms with Gasteiger partial charge >= 0.3 is 6.09 Å². The van der Waals surface area contributed by atoms with E-state index in [1.54, 1.807) is 0 Å². The Labute approximate surface area is 105 Å². The van der Waals surface area contributed by atoms with Crippen LogP contribution in [0.3, 0.4) is 0 Å². The van der Waals surface area contributed by atoms with Gasteiger partial charge in [0.25, 0.3) is 0 Å². The summed E-state index contributed by atoms with van der Waals surface area (Å²) in [6.45, 7) is 10.5. The molecule has 1 atom stereocenters. The molecule has 0 aromatic heterocycles. The third-order valence-corrected chi connectivity index (χ3v) is 2.85. The molecule has 1 aliphatic heterocycles. The molecule has 1 amide bonds. The predicted octanol–water partition coefficient (Wildman–Crippen LogP) is 2.39. The van der Waals surface area contributed by atoms with Crippen molar-refractivity contribution in [1.82, 2.24) is 10.2 Å². The number of carbonyl (C=O) groups is 1. The molecule has 0 radical (unpaired) electrons. The van der Waals surface area contributed by atoms with Crippen molar-refractivity contribution < 1.29 is 9.53 Å². The average molecular weight is 242 g/mol. The molecule has 0 unspecified atom stereocenters. The van der Waals surface area contributed by atoms with Gasteiger partial charge in [-0.3, -0.25) is 0 Å². The fraction of sp³-hybridized carbons (Fsp3) is 0.923. The SMILES string of the molecule is C[C@@H]1CNCCCCCN1C(=O)OC(C)(C)C. The fourth-order valence-electron chi connectivity index (χ4n) is 1.94. The molecule has 0 aromatic carbocycles. The summed E-state index contributed by atoms with van der Waals surface area (Å²) >= 11 is 0. The molecule has 1 rings (SSSR count). The number of ether oxygens (including phenoxy) is 1. The van der Waals surface area contributed by atoms with Crippen molar-refractivity contribution in [3.63, 3.8) is 0 Å². The molecule has 0 aromatic rings. The Morgan fingerprint density at radius 2 is 2.00 bits per heavy atom. The molecule has 4 nitrogen and oxygen atoms in total. The van der Waals surface area contributed by atoms with Crippen molar-refractivity contribution in [1.29, 1.82) is 0 Å². The topological polar surface area (TPSA) is 41.6 Å². The largest absolute Gasteiger partial charge is 0.444 e. The van der Waals surface area contributed by atoms with Crippen LogP contribution in [0.4, 0.5) is 4.79 Å². The van der Waals surface area contributed by atoms with Gasteiger partial charge < -0.3 is 15.0 Å². The first-order valence-corrected chi connectivity index (χ1v) is 6.60. The van der Waals surface area contributed by atoms with Gasteiger partial charge in [-0.1, -0.05) is 6.42 Å². The van der Waals surface area contributed by atoms with Gasteiger partial charge in [-0.15, -0.1) is 0 Å². The summed E-state index contributed by atoms with van der Waals surface area (Å²) in [5.74, 6) is 0. The molecular weight excluding hydrogens is 216 g/mol. The summed E-state index contributed by atoms with van der Waals surface area (Å²) in [6, 6.07) is 0.197. The number of nitrogens with one attached hydrogen (secondary N) is 1. The van der Waals surface area contributed by atoms with Gasteiger partial charge in [0.05, 0.1) is 0 Å². The summed E-state index contributed by atoms with van der Waals surface area (Å²) in [7, 11) is 0. The van der Waals surface area contributed by atoms with Crippen molar-refractivity contribution >= 4 is 6.09 Å². The van der Waals surface area contributed by atoms with Gasteiger partial charge in [0.15, 0.2) is 0 Å². The van der Waals surface area contributed by atoms with Gasteiger partial charge in [-0.05, 0) is 47.1 Å². The summed E-state index contributed by atoms with van der Waals surface area (Å²) < 4.78 is 5.44. The Hall–Kier alpha value is -0.770. The van der Waals surface area contributed by atoms with E-state index >= 15 is 0 Å². The second-order valence-electron chi connectivity index (χ2n) is 5.79. The van der Waals surface area contributed by atoms with Crippen LogP contribution in [0.5, 0.6) is 0 Å². The zero-order valence-corrected chi connectivity index (χ0v) is 11.6. The summed E-state index contributed by atoms with van der Waals surface area (Å²) in [4.78, 5) is 13.9. The lowest BCUT2D eigenvalue weighted by molar-refractivity contribution is 0.0177. The Balaban J connectivity index is 2.59. The number of hydrogen-bond donors (Lipinski definition) is 1. The highest BCUT2D eigenvalue weighted by atomic mass is 16.6. The van der Waals surface area contributed by atoms with Gasteiger partial charge in [0.2, 0.25) is 0 Å². The molecule has 0 spiro atoms. The van der Waals surface area contributed by atoms with E-state index in [9.17, 15) is 4.79 Å². The number of carbonyl (C=O) groups excluding carboxylic acids is 1. The molecule has 0 bridgehead atoms. The maximum Gasteiger partial charge on any atom is 0.410 e. The lowest BCUT2D eigenvalue weighted by Crippen LogP contribution is -2.46. The third-order valence-electron chi connectivity index (χ3n) is 2.85. The van der Waals surface area contributed by atoms with Gasteiger partial charge in [0.1, 0.15) is 5.60 Å². The molecule has 1 saturated heterocycles. The Kier molecular flexibility index (Phi) is 5.25. The summed E-state index contributed by atoms with van der Waals surface area (Å²) in [5, 5.41) is 3.38. The van der Waals surface area contributed by atoms with Crippen LogP contribution >= 0.6 is 0 Å². The minimum atomic E-state index is -0.414. The zero-order chi connectivity index (χ0) is 12.9. The monoisotopic (exact) mass is 242 g/mol. The zero-order valence-electron chi connectivity index (χ0n) is 11.6. The molecular formula is C13H26N2O2. The highest BCUT2D eigenvalue weighted by Gasteiger charge is 2.25. The van der Waals surface area contributed by atoms with Crippen molar-refractivity contribution in [3.8, 4) is 0 Å². The van der Waals surface area contributed by atoms with E-state index in [1.165, 1.54) is 12.8 Å². The van der Waals surface area contributed by atoms with Gasteiger partial charge in [-0.2, -0.15) is 0 Å². The Morgan fingerprint density at radius 3 is 2.65 bits per heavy atom. The first kappa shape index (κ1) is 14.3. The van der Waals surface area contributed by atoms with Crippen molar-refractivity contribution in [2.45, 2.75) is 58.6 Å². The van der Waals surface area contributed by atoms with Gasteiger partial charge in [0, 0.05) is 19.1 Å². The molecule has 4 heteroatoms. The molecule has 1 N–H and O–H groups in total. The molecule has 1 aliphatic rings. The lowest BCUT2D eigenvalue weighted by Gasteiger charge is -2.31. The minimum Gasteiger partial charge on any atom is -0.444 e. The highest BCUT2D eigenvalue weighted by Crippen LogP contribution is 2.13. The van der Waals surface area contributed by atoms with Crippen LogP contribution in [-0.4, -0.2) is 42.3 Å². The second kappa shape index (κ2) is 6.24. The summed E-state index contributed by atoms with van der Waals surface area (Å²) in [6.07, 6.45) is 3.23. The van der Waals surface area contributed by atoms with E-state index in [2.05, 4.69) is 12.2 Å². The van der Waals surface area contributed by atoms with E-state index in [-0.39, 0.29) is 12.1 Å². The number of rotatable bonds is 0. The van der Waals surface area contributed by atoms with E-state index < -0.39 is 5.60 Å². The molecule has 0 aliphatic carbocycles. The number of nitrogens with zero attached hydrogens (tertiary/aromatic N) is 1. The van der Waals surface area contributed by atoms with Crippen LogP contribution in [-0.2, 0) is 4.74 Å². The van der Waals surface area contributed by atoms with Gasteiger partial charge in [-0.25, -0.2) is 4.79 Å².